The van der Waals surface area contributed by atoms with Gasteiger partial charge in [0.25, 0.3) is 0 Å². The van der Waals surface area contributed by atoms with E-state index in [9.17, 15) is 4.79 Å². The van der Waals surface area contributed by atoms with Gasteiger partial charge in [-0.3, -0.25) is 15.1 Å². The number of nitrogens with one attached hydrogen (secondary N) is 2. The van der Waals surface area contributed by atoms with Crippen LogP contribution in [0.4, 0.5) is 5.69 Å². The van der Waals surface area contributed by atoms with Gasteiger partial charge in [-0.1, -0.05) is 30.3 Å². The number of methoxy groups -OCH3 is 1. The Morgan fingerprint density at radius 2 is 1.94 bits per heavy atom. The molecule has 0 aliphatic carbocycles. The number of carbonyl (C=O) groups is 1. The molecule has 2 N–H and O–H groups in total. The van der Waals surface area contributed by atoms with Crippen LogP contribution in [0.3, 0.4) is 0 Å². The monoisotopic (exact) mass is 459 g/mol. The number of nitrogens with zero attached hydrogens (tertiary/aromatic N) is 3. The van der Waals surface area contributed by atoms with Gasteiger partial charge in [-0.15, -0.1) is 11.3 Å². The third-order valence-corrected chi connectivity index (χ3v) is 5.78. The second-order valence-corrected chi connectivity index (χ2v) is 8.28. The number of aryl methyl sites for hydroxylation is 1. The van der Waals surface area contributed by atoms with Crippen molar-refractivity contribution in [2.45, 2.75) is 25.9 Å². The molecule has 0 saturated carbocycles. The maximum Gasteiger partial charge on any atom is 0.242 e. The van der Waals surface area contributed by atoms with E-state index in [2.05, 4.69) is 25.6 Å². The van der Waals surface area contributed by atoms with E-state index in [-0.39, 0.29) is 5.91 Å². The van der Waals surface area contributed by atoms with Crippen molar-refractivity contribution < 1.29 is 9.53 Å². The zero-order chi connectivity index (χ0) is 23.0. The molecule has 7 nitrogen and oxygen atoms in total. The average Bonchev–Trinajstić information content (AvgIpc) is 3.36. The molecule has 3 heterocycles. The van der Waals surface area contributed by atoms with Crippen LogP contribution >= 0.6 is 11.3 Å². The summed E-state index contributed by atoms with van der Waals surface area (Å²) in [6.45, 7) is 2.44. The second kappa shape index (κ2) is 10.8. The fourth-order valence-electron chi connectivity index (χ4n) is 3.47. The number of thiazole rings is 1. The van der Waals surface area contributed by atoms with Gasteiger partial charge in [-0.25, -0.2) is 9.97 Å². The maximum atomic E-state index is 13.4. The number of aromatic nitrogens is 3. The quantitative estimate of drug-likeness (QED) is 0.389. The van der Waals surface area contributed by atoms with Gasteiger partial charge >= 0.3 is 0 Å². The van der Waals surface area contributed by atoms with Gasteiger partial charge in [-0.05, 0) is 42.7 Å². The zero-order valence-corrected chi connectivity index (χ0v) is 19.3. The van der Waals surface area contributed by atoms with E-state index in [1.54, 1.807) is 17.9 Å². The van der Waals surface area contributed by atoms with E-state index in [1.807, 2.05) is 60.8 Å². The minimum atomic E-state index is -0.467. The van der Waals surface area contributed by atoms with Gasteiger partial charge in [0.15, 0.2) is 0 Å². The Morgan fingerprint density at radius 1 is 1.09 bits per heavy atom. The third kappa shape index (κ3) is 6.00. The molecule has 1 atom stereocenters. The number of amides is 1. The first-order valence-corrected chi connectivity index (χ1v) is 11.5. The molecular weight excluding hydrogens is 434 g/mol. The summed E-state index contributed by atoms with van der Waals surface area (Å²) < 4.78 is 5.41. The number of carbonyl (C=O) groups excluding carboxylic acids is 1. The maximum absolute atomic E-state index is 13.4. The van der Waals surface area contributed by atoms with Crippen LogP contribution in [-0.4, -0.2) is 34.0 Å². The molecule has 0 saturated heterocycles. The summed E-state index contributed by atoms with van der Waals surface area (Å²) in [5.41, 5.74) is 7.01. The number of ether oxygens (including phenoxy) is 1. The van der Waals surface area contributed by atoms with Crippen LogP contribution in [0.25, 0.3) is 11.1 Å². The SMILES string of the molecule is COc1ncc(-c2ccnc(C)c2)cc1NC(=O)C(Cc1ccccc1)NCc1cscn1. The summed E-state index contributed by atoms with van der Waals surface area (Å²) in [6, 6.07) is 15.2. The van der Waals surface area contributed by atoms with Gasteiger partial charge in [0.2, 0.25) is 11.8 Å². The molecule has 1 unspecified atom stereocenters. The smallest absolute Gasteiger partial charge is 0.242 e. The number of rotatable bonds is 9. The normalized spacial score (nSPS) is 11.7. The van der Waals surface area contributed by atoms with Gasteiger partial charge < -0.3 is 10.1 Å². The van der Waals surface area contributed by atoms with Crippen molar-refractivity contribution in [2.75, 3.05) is 12.4 Å². The van der Waals surface area contributed by atoms with Crippen LogP contribution in [0.5, 0.6) is 5.88 Å². The Kier molecular flexibility index (Phi) is 7.39. The molecule has 4 aromatic rings. The van der Waals surface area contributed by atoms with Crippen molar-refractivity contribution in [2.24, 2.45) is 0 Å². The van der Waals surface area contributed by atoms with E-state index < -0.39 is 6.04 Å². The highest BCUT2D eigenvalue weighted by Crippen LogP contribution is 2.28. The van der Waals surface area contributed by atoms with Crippen molar-refractivity contribution in [1.82, 2.24) is 20.3 Å². The number of hydrogen-bond donors (Lipinski definition) is 2. The molecule has 8 heteroatoms. The van der Waals surface area contributed by atoms with Crippen LogP contribution in [0, 0.1) is 6.92 Å². The van der Waals surface area contributed by atoms with Crippen molar-refractivity contribution in [3.05, 3.63) is 88.8 Å². The number of hydrogen-bond acceptors (Lipinski definition) is 7. The molecule has 0 radical (unpaired) electrons. The minimum absolute atomic E-state index is 0.169. The molecule has 1 aromatic carbocycles. The van der Waals surface area contributed by atoms with Crippen LogP contribution < -0.4 is 15.4 Å². The number of anilines is 1. The lowest BCUT2D eigenvalue weighted by molar-refractivity contribution is -0.118. The molecule has 168 valence electrons. The van der Waals surface area contributed by atoms with E-state index in [1.165, 1.54) is 18.4 Å². The van der Waals surface area contributed by atoms with E-state index in [0.29, 0.717) is 24.5 Å². The number of pyridine rings is 2. The topological polar surface area (TPSA) is 89.0 Å². The summed E-state index contributed by atoms with van der Waals surface area (Å²) >= 11 is 1.53. The predicted octanol–water partition coefficient (Wildman–Crippen LogP) is 4.26. The molecule has 0 fully saturated rings. The lowest BCUT2D eigenvalue weighted by atomic mass is 10.0. The number of benzene rings is 1. The Hall–Kier alpha value is -3.62. The summed E-state index contributed by atoms with van der Waals surface area (Å²) in [5.74, 6) is 0.188. The highest BCUT2D eigenvalue weighted by Gasteiger charge is 2.21. The molecule has 3 aromatic heterocycles. The van der Waals surface area contributed by atoms with Crippen molar-refractivity contribution >= 4 is 22.9 Å². The summed E-state index contributed by atoms with van der Waals surface area (Å²) in [4.78, 5) is 26.3. The first kappa shape index (κ1) is 22.6. The highest BCUT2D eigenvalue weighted by molar-refractivity contribution is 7.07. The molecule has 0 bridgehead atoms. The van der Waals surface area contributed by atoms with Crippen molar-refractivity contribution in [3.63, 3.8) is 0 Å². The predicted molar refractivity (Wildman–Crippen MR) is 130 cm³/mol. The molecule has 4 rings (SSSR count). The van der Waals surface area contributed by atoms with Gasteiger partial charge in [0.05, 0.1) is 24.4 Å². The van der Waals surface area contributed by atoms with Crippen LogP contribution in [0.2, 0.25) is 0 Å². The Bertz CT molecular complexity index is 1200. The molecular formula is C25H25N5O2S. The van der Waals surface area contributed by atoms with Gasteiger partial charge in [0, 0.05) is 35.6 Å². The summed E-state index contributed by atoms with van der Waals surface area (Å²) in [5, 5.41) is 8.33. The van der Waals surface area contributed by atoms with Gasteiger partial charge in [0.1, 0.15) is 5.69 Å². The van der Waals surface area contributed by atoms with E-state index >= 15 is 0 Å². The summed E-state index contributed by atoms with van der Waals surface area (Å²) in [6.07, 6.45) is 4.02. The van der Waals surface area contributed by atoms with Crippen LogP contribution in [0.1, 0.15) is 17.0 Å². The average molecular weight is 460 g/mol. The highest BCUT2D eigenvalue weighted by atomic mass is 32.1. The van der Waals surface area contributed by atoms with E-state index in [4.69, 9.17) is 4.74 Å². The molecule has 1 amide bonds. The van der Waals surface area contributed by atoms with Gasteiger partial charge in [-0.2, -0.15) is 0 Å². The van der Waals surface area contributed by atoms with Crippen molar-refractivity contribution in [1.29, 1.82) is 0 Å². The largest absolute Gasteiger partial charge is 0.480 e. The lowest BCUT2D eigenvalue weighted by Crippen LogP contribution is -2.42. The zero-order valence-electron chi connectivity index (χ0n) is 18.5. The Morgan fingerprint density at radius 3 is 2.67 bits per heavy atom. The fourth-order valence-corrected chi connectivity index (χ4v) is 4.03. The fraction of sp³-hybridized carbons (Fsp3) is 0.200. The molecule has 33 heavy (non-hydrogen) atoms. The Labute approximate surface area is 196 Å². The molecule has 0 spiro atoms. The standard InChI is InChI=1S/C25H25N5O2S/c1-17-10-19(8-9-26-17)20-12-23(25(32-2)28-13-20)30-24(31)22(11-18-6-4-3-5-7-18)27-14-21-15-33-16-29-21/h3-10,12-13,15-16,22,27H,11,14H2,1-2H3,(H,30,31). The lowest BCUT2D eigenvalue weighted by Gasteiger charge is -2.19. The van der Waals surface area contributed by atoms with Crippen LogP contribution in [0.15, 0.2) is 71.8 Å². The molecule has 0 aliphatic rings. The molecule has 0 aliphatic heterocycles. The minimum Gasteiger partial charge on any atom is -0.480 e. The Balaban J connectivity index is 1.57. The van der Waals surface area contributed by atoms with Crippen LogP contribution in [-0.2, 0) is 17.8 Å². The second-order valence-electron chi connectivity index (χ2n) is 7.56. The summed E-state index contributed by atoms with van der Waals surface area (Å²) in [7, 11) is 1.54. The van der Waals surface area contributed by atoms with Crippen molar-refractivity contribution in [3.8, 4) is 17.0 Å². The first-order chi connectivity index (χ1) is 16.1. The third-order valence-electron chi connectivity index (χ3n) is 5.14. The van der Waals surface area contributed by atoms with E-state index in [0.717, 1.165) is 28.1 Å². The first-order valence-electron chi connectivity index (χ1n) is 10.5.